The lowest BCUT2D eigenvalue weighted by atomic mass is 9.93. The zero-order chi connectivity index (χ0) is 18.4. The van der Waals surface area contributed by atoms with E-state index in [2.05, 4.69) is 10.3 Å². The number of aromatic nitrogens is 1. The Bertz CT molecular complexity index is 617. The highest BCUT2D eigenvalue weighted by atomic mass is 35.5. The summed E-state index contributed by atoms with van der Waals surface area (Å²) in [6, 6.07) is 0.416. The molecule has 7 nitrogen and oxygen atoms in total. The van der Waals surface area contributed by atoms with Crippen LogP contribution in [0.5, 0.6) is 5.88 Å². The average Bonchev–Trinajstić information content (AvgIpc) is 2.58. The second-order valence-corrected chi connectivity index (χ2v) is 6.89. The summed E-state index contributed by atoms with van der Waals surface area (Å²) in [4.78, 5) is 27.9. The molecule has 25 heavy (non-hydrogen) atoms. The van der Waals surface area contributed by atoms with E-state index in [1.54, 1.807) is 0 Å². The van der Waals surface area contributed by atoms with Crippen molar-refractivity contribution in [2.45, 2.75) is 32.7 Å². The molecule has 0 saturated carbocycles. The van der Waals surface area contributed by atoms with Crippen LogP contribution < -0.4 is 10.1 Å². The largest absolute Gasteiger partial charge is 0.480 e. The molecule has 2 rings (SSSR count). The Balaban J connectivity index is 2.05. The first-order valence-corrected chi connectivity index (χ1v) is 8.66. The van der Waals surface area contributed by atoms with Crippen molar-refractivity contribution in [3.05, 3.63) is 22.8 Å². The van der Waals surface area contributed by atoms with Crippen molar-refractivity contribution < 1.29 is 24.2 Å². The molecular formula is C17H23ClN2O5. The third-order valence-corrected chi connectivity index (χ3v) is 4.11. The lowest BCUT2D eigenvalue weighted by molar-refractivity contribution is -0.142. The standard InChI is InChI=1S/C17H23ClN2O5/c1-10(2)8-25-16-13(18)6-12(7-19-16)15(21)20-14(17(22)23)11-4-3-5-24-9-11/h6-7,10-11,14H,3-5,8-9H2,1-2H3,(H,20,21)(H,22,23). The SMILES string of the molecule is CC(C)COc1ncc(C(=O)NC(C(=O)O)C2CCCOC2)cc1Cl. The maximum absolute atomic E-state index is 12.4. The quantitative estimate of drug-likeness (QED) is 0.764. The molecule has 0 bridgehead atoms. The minimum Gasteiger partial charge on any atom is -0.480 e. The lowest BCUT2D eigenvalue weighted by Crippen LogP contribution is -2.48. The fourth-order valence-electron chi connectivity index (χ4n) is 2.54. The van der Waals surface area contributed by atoms with Crippen LogP contribution in [-0.2, 0) is 9.53 Å². The molecule has 8 heteroatoms. The normalized spacial score (nSPS) is 18.6. The molecule has 2 unspecified atom stereocenters. The second kappa shape index (κ2) is 9.01. The van der Waals surface area contributed by atoms with E-state index in [9.17, 15) is 14.7 Å². The number of hydrogen-bond acceptors (Lipinski definition) is 5. The topological polar surface area (TPSA) is 97.8 Å². The number of nitrogens with zero attached hydrogens (tertiary/aromatic N) is 1. The first kappa shape index (κ1) is 19.5. The highest BCUT2D eigenvalue weighted by molar-refractivity contribution is 6.32. The number of carbonyl (C=O) groups is 2. The number of rotatable bonds is 7. The van der Waals surface area contributed by atoms with E-state index < -0.39 is 17.9 Å². The Morgan fingerprint density at radius 2 is 2.28 bits per heavy atom. The molecule has 1 amide bonds. The maximum atomic E-state index is 12.4. The number of aliphatic carboxylic acids is 1. The molecule has 138 valence electrons. The molecule has 0 aromatic carbocycles. The molecule has 2 heterocycles. The van der Waals surface area contributed by atoms with E-state index in [4.69, 9.17) is 21.1 Å². The number of carbonyl (C=O) groups excluding carboxylic acids is 1. The van der Waals surface area contributed by atoms with Gasteiger partial charge in [0.2, 0.25) is 5.88 Å². The van der Waals surface area contributed by atoms with Gasteiger partial charge in [-0.15, -0.1) is 0 Å². The number of pyridine rings is 1. The van der Waals surface area contributed by atoms with Crippen molar-refractivity contribution >= 4 is 23.5 Å². The van der Waals surface area contributed by atoms with Crippen LogP contribution in [0.3, 0.4) is 0 Å². The van der Waals surface area contributed by atoms with Gasteiger partial charge >= 0.3 is 5.97 Å². The lowest BCUT2D eigenvalue weighted by Gasteiger charge is -2.28. The van der Waals surface area contributed by atoms with Gasteiger partial charge in [-0.05, 0) is 24.8 Å². The van der Waals surface area contributed by atoms with E-state index in [1.165, 1.54) is 12.3 Å². The fourth-order valence-corrected chi connectivity index (χ4v) is 2.76. The van der Waals surface area contributed by atoms with Crippen LogP contribution in [0.25, 0.3) is 0 Å². The summed E-state index contributed by atoms with van der Waals surface area (Å²) in [5.74, 6) is -1.31. The first-order valence-electron chi connectivity index (χ1n) is 8.28. The summed E-state index contributed by atoms with van der Waals surface area (Å²) < 4.78 is 10.8. The van der Waals surface area contributed by atoms with Gasteiger partial charge in [0.05, 0.1) is 18.8 Å². The molecule has 1 aliphatic heterocycles. The predicted octanol–water partition coefficient (Wildman–Crippen LogP) is 2.38. The van der Waals surface area contributed by atoms with E-state index in [-0.39, 0.29) is 22.4 Å². The van der Waals surface area contributed by atoms with Crippen LogP contribution >= 0.6 is 11.6 Å². The number of ether oxygens (including phenoxy) is 2. The Labute approximate surface area is 151 Å². The van der Waals surface area contributed by atoms with E-state index in [0.29, 0.717) is 32.2 Å². The average molecular weight is 371 g/mol. The monoisotopic (exact) mass is 370 g/mol. The summed E-state index contributed by atoms with van der Waals surface area (Å²) in [6.45, 7) is 5.39. The van der Waals surface area contributed by atoms with Gasteiger partial charge in [-0.1, -0.05) is 25.4 Å². The summed E-state index contributed by atoms with van der Waals surface area (Å²) in [6.07, 6.45) is 2.80. The Hall–Kier alpha value is -1.86. The van der Waals surface area contributed by atoms with Gasteiger partial charge in [0.25, 0.3) is 5.91 Å². The molecule has 1 saturated heterocycles. The van der Waals surface area contributed by atoms with Gasteiger partial charge in [-0.25, -0.2) is 9.78 Å². The molecule has 0 aliphatic carbocycles. The Morgan fingerprint density at radius 3 is 2.84 bits per heavy atom. The molecule has 1 fully saturated rings. The molecule has 0 spiro atoms. The van der Waals surface area contributed by atoms with E-state index in [0.717, 1.165) is 6.42 Å². The van der Waals surface area contributed by atoms with Crippen molar-refractivity contribution in [2.24, 2.45) is 11.8 Å². The van der Waals surface area contributed by atoms with Crippen LogP contribution in [0.15, 0.2) is 12.3 Å². The van der Waals surface area contributed by atoms with Crippen molar-refractivity contribution in [1.82, 2.24) is 10.3 Å². The third kappa shape index (κ3) is 5.57. The minimum atomic E-state index is -1.08. The van der Waals surface area contributed by atoms with Crippen LogP contribution in [0.1, 0.15) is 37.0 Å². The zero-order valence-electron chi connectivity index (χ0n) is 14.3. The Morgan fingerprint density at radius 1 is 1.52 bits per heavy atom. The first-order chi connectivity index (χ1) is 11.9. The highest BCUT2D eigenvalue weighted by Crippen LogP contribution is 2.23. The van der Waals surface area contributed by atoms with Gasteiger partial charge in [0, 0.05) is 18.7 Å². The van der Waals surface area contributed by atoms with Crippen LogP contribution in [-0.4, -0.2) is 47.8 Å². The predicted molar refractivity (Wildman–Crippen MR) is 92.0 cm³/mol. The van der Waals surface area contributed by atoms with E-state index >= 15 is 0 Å². The molecule has 2 atom stereocenters. The number of halogens is 1. The van der Waals surface area contributed by atoms with Crippen molar-refractivity contribution in [2.75, 3.05) is 19.8 Å². The summed E-state index contributed by atoms with van der Waals surface area (Å²) >= 11 is 6.10. The summed E-state index contributed by atoms with van der Waals surface area (Å²) in [5.41, 5.74) is 0.185. The van der Waals surface area contributed by atoms with Crippen molar-refractivity contribution in [3.63, 3.8) is 0 Å². The minimum absolute atomic E-state index is 0.185. The molecule has 1 aromatic heterocycles. The number of hydrogen-bond donors (Lipinski definition) is 2. The number of amides is 1. The third-order valence-electron chi connectivity index (χ3n) is 3.84. The second-order valence-electron chi connectivity index (χ2n) is 6.48. The highest BCUT2D eigenvalue weighted by Gasteiger charge is 2.31. The van der Waals surface area contributed by atoms with Gasteiger partial charge in [0.1, 0.15) is 11.1 Å². The molecule has 0 radical (unpaired) electrons. The number of carboxylic acids is 1. The zero-order valence-corrected chi connectivity index (χ0v) is 15.1. The van der Waals surface area contributed by atoms with E-state index in [1.807, 2.05) is 13.8 Å². The number of nitrogens with one attached hydrogen (secondary N) is 1. The van der Waals surface area contributed by atoms with Crippen LogP contribution in [0.4, 0.5) is 0 Å². The van der Waals surface area contributed by atoms with Gasteiger partial charge in [-0.2, -0.15) is 0 Å². The molecular weight excluding hydrogens is 348 g/mol. The number of carboxylic acid groups (broad SMARTS) is 1. The van der Waals surface area contributed by atoms with Gasteiger partial charge in [-0.3, -0.25) is 4.79 Å². The van der Waals surface area contributed by atoms with Crippen LogP contribution in [0, 0.1) is 11.8 Å². The fraction of sp³-hybridized carbons (Fsp3) is 0.588. The van der Waals surface area contributed by atoms with Crippen molar-refractivity contribution in [1.29, 1.82) is 0 Å². The van der Waals surface area contributed by atoms with Crippen LogP contribution in [0.2, 0.25) is 5.02 Å². The molecule has 1 aromatic rings. The van der Waals surface area contributed by atoms with Gasteiger partial charge in [0.15, 0.2) is 0 Å². The Kier molecular flexibility index (Phi) is 7.01. The maximum Gasteiger partial charge on any atom is 0.326 e. The smallest absolute Gasteiger partial charge is 0.326 e. The molecule has 2 N–H and O–H groups in total. The summed E-state index contributed by atoms with van der Waals surface area (Å²) in [7, 11) is 0. The van der Waals surface area contributed by atoms with Gasteiger partial charge < -0.3 is 19.9 Å². The van der Waals surface area contributed by atoms with Crippen molar-refractivity contribution in [3.8, 4) is 5.88 Å². The molecule has 1 aliphatic rings. The summed E-state index contributed by atoms with van der Waals surface area (Å²) in [5, 5.41) is 12.2.